The van der Waals surface area contributed by atoms with Crippen molar-refractivity contribution in [2.45, 2.75) is 304 Å². The van der Waals surface area contributed by atoms with Crippen molar-refractivity contribution >= 4 is 82.9 Å². The fraction of sp³-hybridized carbons (Fsp3) is 0.589. The summed E-state index contributed by atoms with van der Waals surface area (Å²) in [6.45, 7) is 45.6. The number of rotatable bonds is 23. The van der Waals surface area contributed by atoms with E-state index in [0.717, 1.165) is 127 Å². The second-order valence-electron chi connectivity index (χ2n) is 40.2. The smallest absolute Gasteiger partial charge is 0.127 e. The van der Waals surface area contributed by atoms with Crippen molar-refractivity contribution in [3.05, 3.63) is 165 Å². The Morgan fingerprint density at radius 1 is 0.402 bits per heavy atom. The van der Waals surface area contributed by atoms with Crippen molar-refractivity contribution < 1.29 is 24.1 Å². The first kappa shape index (κ1) is 86.7. The van der Waals surface area contributed by atoms with E-state index in [1.807, 2.05) is 19.1 Å². The normalized spacial score (nSPS) is 28.9. The number of aromatic hydroxyl groups is 1. The van der Waals surface area contributed by atoms with Crippen LogP contribution in [0.5, 0.6) is 17.2 Å². The standard InChI is InChI=1S/C46H64O2.C30H52O.C19H20O.C17H16O/c1-8-32-13-14-34-16-22-42(38-18-15-33(9-2)43(32)44(34)38)48-28-27-47-36-23-25-45(6)35(29-36)17-19-37-40-21-20-39(31(5)12-10-11-30(3)4)46(40,7)26-24-41(37)45;1-7-19-31-24-15-17-29(5)23(20-24)11-12-25-27-14-13-26(22(4)10-8-9-21(2)3)30(27,6)18-16-28(25)29;1-4-13-7-8-15-10-12-17(20-6-3)16-11-9-14(5-2)18(13)19(15)16;1-3-11-5-6-13-8-10-15(18)14-9-7-12(4-2)16(11)17(13)14/h9,13-18,22,30-31,36-37,39-41H,8,10-12,19-21,23-29H2,1-7H3;11,21-22,24-28H,7-10,12-20H2,1-6H3;5,7-12H,4,6H2,1-3H3;4-10,18H,3H2,1-2H3/b33-9+;;14-5+;12-4+. The minimum absolute atomic E-state index is 0.326. The number of phenols is 1. The van der Waals surface area contributed by atoms with Crippen molar-refractivity contribution in [1.82, 2.24) is 0 Å². The summed E-state index contributed by atoms with van der Waals surface area (Å²) in [6.07, 6.45) is 47.6. The Balaban J connectivity index is 0.000000139. The molecule has 6 fully saturated rings. The Bertz CT molecular complexity index is 5150. The molecular weight excluding hydrogens is 1430 g/mol. The van der Waals surface area contributed by atoms with Gasteiger partial charge in [-0.05, 0) is 332 Å². The van der Waals surface area contributed by atoms with Gasteiger partial charge in [-0.2, -0.15) is 0 Å². The van der Waals surface area contributed by atoms with Gasteiger partial charge < -0.3 is 24.1 Å². The van der Waals surface area contributed by atoms with Crippen LogP contribution in [0, 0.1) is 92.7 Å². The van der Waals surface area contributed by atoms with Gasteiger partial charge in [0, 0.05) is 38.9 Å². The summed E-state index contributed by atoms with van der Waals surface area (Å²) in [5, 5.41) is 29.0. The molecule has 0 aromatic heterocycles. The SMILES string of the molecule is C/C=c1\ccc2c(O)ccc3ccc(CC)c1c32.C/C=c1\ccc2c(OCC)ccc3ccc(CC)c1c32.C/C=c1\ccc2c(OCCOC3CCC4(C)C(=CCC5C4CCC4(C)C(C(C)CCCC(C)C)CCC54)C3)ccc3ccc(CC)c1c32.CCCOC1CCC2(C)C(=CCC3C2CCC2(C)C(C(C)CCCC(C)C)CCC32)C1. The highest BCUT2D eigenvalue weighted by molar-refractivity contribution is 6.15. The summed E-state index contributed by atoms with van der Waals surface area (Å²) in [4.78, 5) is 0. The van der Waals surface area contributed by atoms with Crippen LogP contribution in [-0.2, 0) is 28.7 Å². The van der Waals surface area contributed by atoms with Crippen LogP contribution in [0.2, 0.25) is 0 Å². The molecule has 0 bridgehead atoms. The summed E-state index contributed by atoms with van der Waals surface area (Å²) in [7, 11) is 0. The molecule has 8 aliphatic rings. The second-order valence-corrected chi connectivity index (χ2v) is 40.2. The van der Waals surface area contributed by atoms with E-state index in [-0.39, 0.29) is 0 Å². The lowest BCUT2D eigenvalue weighted by Gasteiger charge is -2.58. The second kappa shape index (κ2) is 37.4. The van der Waals surface area contributed by atoms with Crippen molar-refractivity contribution in [3.63, 3.8) is 0 Å². The largest absolute Gasteiger partial charge is 0.507 e. The Labute approximate surface area is 707 Å². The molecule has 0 spiro atoms. The first-order valence-electron chi connectivity index (χ1n) is 47.9. The highest BCUT2D eigenvalue weighted by Gasteiger charge is 2.61. The lowest BCUT2D eigenvalue weighted by atomic mass is 9.47. The molecule has 9 aromatic carbocycles. The van der Waals surface area contributed by atoms with Crippen LogP contribution in [-0.4, -0.2) is 43.7 Å². The van der Waals surface area contributed by atoms with Crippen molar-refractivity contribution in [3.8, 4) is 17.2 Å². The Morgan fingerprint density at radius 3 is 1.21 bits per heavy atom. The summed E-state index contributed by atoms with van der Waals surface area (Å²) in [6, 6.07) is 38.8. The minimum Gasteiger partial charge on any atom is -0.507 e. The van der Waals surface area contributed by atoms with Crippen molar-refractivity contribution in [2.75, 3.05) is 26.4 Å². The van der Waals surface area contributed by atoms with Crippen LogP contribution < -0.4 is 25.1 Å². The molecule has 6 saturated carbocycles. The maximum absolute atomic E-state index is 10.0. The fourth-order valence-corrected chi connectivity index (χ4v) is 26.9. The first-order valence-corrected chi connectivity index (χ1v) is 47.9. The van der Waals surface area contributed by atoms with Gasteiger partial charge in [0.05, 0.1) is 25.4 Å². The number of benzene rings is 9. The first-order chi connectivity index (χ1) is 56.5. The van der Waals surface area contributed by atoms with Gasteiger partial charge in [-0.15, -0.1) is 0 Å². The highest BCUT2D eigenvalue weighted by Crippen LogP contribution is 2.70. The number of ether oxygens (including phenoxy) is 4. The minimum atomic E-state index is 0.326. The molecule has 1 N–H and O–H groups in total. The molecule has 117 heavy (non-hydrogen) atoms. The van der Waals surface area contributed by atoms with Gasteiger partial charge in [0.25, 0.3) is 0 Å². The molecule has 5 nitrogen and oxygen atoms in total. The number of phenolic OH excluding ortho intramolecular Hbond substituents is 1. The molecule has 9 aromatic rings. The quantitative estimate of drug-likeness (QED) is 0.0511. The average Bonchev–Trinajstić information content (AvgIpc) is 1.63. The molecule has 5 heteroatoms. The predicted octanol–water partition coefficient (Wildman–Crippen LogP) is 29.0. The van der Waals surface area contributed by atoms with E-state index in [9.17, 15) is 5.11 Å². The van der Waals surface area contributed by atoms with Crippen LogP contribution in [0.15, 0.2) is 132 Å². The van der Waals surface area contributed by atoms with Gasteiger partial charge in [-0.1, -0.05) is 268 Å². The van der Waals surface area contributed by atoms with Crippen molar-refractivity contribution in [2.24, 2.45) is 92.7 Å². The monoisotopic (exact) mass is 1580 g/mol. The van der Waals surface area contributed by atoms with E-state index >= 15 is 0 Å². The Morgan fingerprint density at radius 2 is 0.803 bits per heavy atom. The molecule has 0 radical (unpaired) electrons. The average molecular weight is 1580 g/mol. The van der Waals surface area contributed by atoms with Crippen LogP contribution >= 0.6 is 0 Å². The molecule has 0 saturated heterocycles. The predicted molar refractivity (Wildman–Crippen MR) is 503 cm³/mol. The zero-order chi connectivity index (χ0) is 82.7. The van der Waals surface area contributed by atoms with Gasteiger partial charge in [0.15, 0.2) is 0 Å². The topological polar surface area (TPSA) is 57.2 Å². The van der Waals surface area contributed by atoms with E-state index in [0.29, 0.717) is 59.4 Å². The van der Waals surface area contributed by atoms with E-state index in [2.05, 4.69) is 239 Å². The maximum Gasteiger partial charge on any atom is 0.127 e. The number of fused-ring (bicyclic) bond motifs is 10. The molecular formula is C112H152O5. The number of hydrogen-bond acceptors (Lipinski definition) is 5. The fourth-order valence-electron chi connectivity index (χ4n) is 26.9. The van der Waals surface area contributed by atoms with Gasteiger partial charge >= 0.3 is 0 Å². The highest BCUT2D eigenvalue weighted by atomic mass is 16.5. The van der Waals surface area contributed by atoms with Gasteiger partial charge in [-0.3, -0.25) is 0 Å². The van der Waals surface area contributed by atoms with Crippen LogP contribution in [0.3, 0.4) is 0 Å². The van der Waals surface area contributed by atoms with Gasteiger partial charge in [-0.25, -0.2) is 0 Å². The third-order valence-corrected chi connectivity index (χ3v) is 33.1. The molecule has 0 heterocycles. The summed E-state index contributed by atoms with van der Waals surface area (Å²) in [5.74, 6) is 13.3. The third kappa shape index (κ3) is 17.0. The zero-order valence-corrected chi connectivity index (χ0v) is 76.2. The van der Waals surface area contributed by atoms with E-state index in [1.54, 1.807) is 17.2 Å². The van der Waals surface area contributed by atoms with E-state index in [4.69, 9.17) is 18.9 Å². The molecule has 630 valence electrons. The molecule has 0 aliphatic heterocycles. The molecule has 8 aliphatic carbocycles. The summed E-state index contributed by atoms with van der Waals surface area (Å²) >= 11 is 0. The lowest BCUT2D eigenvalue weighted by molar-refractivity contribution is -0.0653. The van der Waals surface area contributed by atoms with Crippen LogP contribution in [0.1, 0.15) is 289 Å². The summed E-state index contributed by atoms with van der Waals surface area (Å²) in [5.41, 5.74) is 9.68. The van der Waals surface area contributed by atoms with Crippen LogP contribution in [0.25, 0.3) is 82.9 Å². The Kier molecular flexibility index (Phi) is 27.7. The third-order valence-electron chi connectivity index (χ3n) is 33.1. The molecule has 0 amide bonds. The van der Waals surface area contributed by atoms with E-state index < -0.39 is 0 Å². The zero-order valence-electron chi connectivity index (χ0n) is 76.2. The van der Waals surface area contributed by atoms with Gasteiger partial charge in [0.1, 0.15) is 23.9 Å². The Hall–Kier alpha value is -6.66. The number of aryl methyl sites for hydroxylation is 3. The molecule has 17 rings (SSSR count). The maximum atomic E-state index is 10.0. The van der Waals surface area contributed by atoms with E-state index in [1.165, 1.54) is 226 Å². The summed E-state index contributed by atoms with van der Waals surface area (Å²) < 4.78 is 25.0. The van der Waals surface area contributed by atoms with Crippen molar-refractivity contribution in [1.29, 1.82) is 0 Å². The lowest BCUT2D eigenvalue weighted by Crippen LogP contribution is -2.51. The van der Waals surface area contributed by atoms with Gasteiger partial charge in [0.2, 0.25) is 0 Å². The molecule has 16 atom stereocenters. The number of allylic oxidation sites excluding steroid dienone is 2. The number of hydrogen-bond donors (Lipinski definition) is 1. The molecule has 16 unspecified atom stereocenters. The van der Waals surface area contributed by atoms with Crippen LogP contribution in [0.4, 0.5) is 0 Å².